The van der Waals surface area contributed by atoms with Gasteiger partial charge in [0.2, 0.25) is 0 Å². The number of hydrogen-bond donors (Lipinski definition) is 15. The Balaban J connectivity index is -0.000000465. The summed E-state index contributed by atoms with van der Waals surface area (Å²) in [5.74, 6) is -15.8. The highest BCUT2D eigenvalue weighted by Crippen LogP contribution is 2.30. The second-order valence-electron chi connectivity index (χ2n) is 27.2. The van der Waals surface area contributed by atoms with Gasteiger partial charge in [0.15, 0.2) is 23.9 Å². The number of benzene rings is 2. The van der Waals surface area contributed by atoms with Crippen LogP contribution in [0.2, 0.25) is 0 Å². The summed E-state index contributed by atoms with van der Waals surface area (Å²) >= 11 is 0. The number of ether oxygens (including phenoxy) is 13. The number of methoxy groups -OCH3 is 5. The maximum atomic E-state index is 11.9. The number of nitrogens with zero attached hydrogens (tertiary/aromatic N) is 2. The van der Waals surface area contributed by atoms with E-state index in [0.717, 1.165) is 82.7 Å². The Kier molecular flexibility index (Phi) is 76.1. The summed E-state index contributed by atoms with van der Waals surface area (Å²) in [6.45, 7) is 7.34. The van der Waals surface area contributed by atoms with Gasteiger partial charge in [-0.05, 0) is 114 Å². The number of halogens is 4. The van der Waals surface area contributed by atoms with E-state index in [-0.39, 0.29) is 113 Å². The van der Waals surface area contributed by atoms with Crippen LogP contribution in [0.1, 0.15) is 165 Å². The number of carboxylic acid groups (broad SMARTS) is 12. The number of aromatic nitrogens is 2. The number of hydrogen-bond acceptors (Lipinski definition) is 32. The molecule has 1 aliphatic heterocycles. The first-order valence-corrected chi connectivity index (χ1v) is 40.1. The molecule has 0 spiro atoms. The van der Waals surface area contributed by atoms with Crippen molar-refractivity contribution in [2.45, 2.75) is 160 Å². The van der Waals surface area contributed by atoms with Gasteiger partial charge in [-0.3, -0.25) is 44.6 Å². The molecule has 1 saturated carbocycles. The number of amides is 4. The van der Waals surface area contributed by atoms with Crippen LogP contribution in [0.15, 0.2) is 103 Å². The van der Waals surface area contributed by atoms with Crippen molar-refractivity contribution >= 4 is 101 Å². The van der Waals surface area contributed by atoms with Crippen LogP contribution in [-0.4, -0.2) is 344 Å². The predicted molar refractivity (Wildman–Crippen MR) is 455 cm³/mol. The summed E-state index contributed by atoms with van der Waals surface area (Å²) < 4.78 is 108. The molecule has 51 heteroatoms. The van der Waals surface area contributed by atoms with Crippen LogP contribution in [-0.2, 0) is 124 Å². The fourth-order valence-electron chi connectivity index (χ4n) is 9.09. The van der Waals surface area contributed by atoms with Crippen LogP contribution < -0.4 is 16.0 Å². The Labute approximate surface area is 772 Å². The highest BCUT2D eigenvalue weighted by Gasteiger charge is 2.33. The number of pyridine rings is 2. The summed E-state index contributed by atoms with van der Waals surface area (Å²) in [4.78, 5) is 185. The van der Waals surface area contributed by atoms with Gasteiger partial charge < -0.3 is 128 Å². The van der Waals surface area contributed by atoms with E-state index in [1.807, 2.05) is 13.0 Å². The number of carboxylic acids is 12. The molecule has 6 atom stereocenters. The first-order chi connectivity index (χ1) is 63.4. The van der Waals surface area contributed by atoms with Crippen LogP contribution in [0.5, 0.6) is 0 Å². The summed E-state index contributed by atoms with van der Waals surface area (Å²) in [5, 5.41) is 105. The lowest BCUT2D eigenvalue weighted by Gasteiger charge is -2.32. The van der Waals surface area contributed by atoms with Gasteiger partial charge in [0, 0.05) is 71.0 Å². The Morgan fingerprint density at radius 1 is 0.496 bits per heavy atom. The van der Waals surface area contributed by atoms with E-state index < -0.39 is 151 Å². The van der Waals surface area contributed by atoms with Crippen molar-refractivity contribution in [3.05, 3.63) is 131 Å². The van der Waals surface area contributed by atoms with Crippen LogP contribution in [0.25, 0.3) is 0 Å². The standard InChI is InChI=1S/C13H24O6.C12H9N3O2.C10H9F3N2O2.C10H16O6.C9H10O3.C6H10O6.C6H10O5.C6H10O3.C5H10O3.C4H8O3.C3H5FO3/c1-3-5-6-13(4-2,9-18-7-11(14)15)10-19-8-12(16)17;16-11(9-5-1-3-7-13-9)15-12(17)10-6-2-4-8-14-10;1-14-8(16)6-3-2-4-7(5-6)9(17)15-10(11,12)13;11-9(12)5-15-7-3-1-2-4-8(7)16-6-10(13)14;1-12-8(9(10)11)7-5-3-2-4-6-7;7-5(8)3-11-1-2-12-4-6(9)10;1-10-6(9)2-3-11-4-5(7)8;7-6(8)5-3-1-2-4-9-5;1-5(2,8-3)4(6)7;1-3(7-2)4(5)6;1-7-2(4)3(5)6/h3-10H2,1-2H3,(H,14,15)(H,16,17);1-8H,(H,15,16,17);2-5H,1H3,(H,14,16)(H,15,17);7-8H,1-6H2,(H,11,12)(H,13,14);2-6,8H,1H3,(H,10,11);1-4H2,(H,7,8)(H,9,10);2-4H2,1H3,(H,7,8);5H,1-4H2,(H,7,8);1-3H3,(H,6,7);3H,1-2H3,(H,5,6);2H,1H3,(H,5,6). The molecule has 15 N–H and O–H groups in total. The number of unbranched alkanes of at least 4 members (excludes halogenated alkanes) is 1. The number of carbonyl (C=O) groups excluding carboxylic acids is 5. The lowest BCUT2D eigenvalue weighted by Crippen LogP contribution is -2.37. The number of carbonyl (C=O) groups is 17. The van der Waals surface area contributed by atoms with Gasteiger partial charge in [0.05, 0.1) is 58.8 Å². The predicted octanol–water partition coefficient (Wildman–Crippen LogP) is 6.17. The Hall–Kier alpha value is -12.8. The molecule has 2 aromatic heterocycles. The zero-order chi connectivity index (χ0) is 104. The lowest BCUT2D eigenvalue weighted by molar-refractivity contribution is -0.159. The number of esters is 1. The van der Waals surface area contributed by atoms with E-state index in [1.165, 1.54) is 99.0 Å². The van der Waals surface area contributed by atoms with Gasteiger partial charge in [-0.25, -0.2) is 61.9 Å². The highest BCUT2D eigenvalue weighted by atomic mass is 19.4. The summed E-state index contributed by atoms with van der Waals surface area (Å²) in [5.41, 5.74) is -0.423. The molecular formula is C84H121F4N5O42. The fraction of sp³-hybridized carbons (Fsp3) is 0.536. The molecule has 0 bridgehead atoms. The van der Waals surface area contributed by atoms with Gasteiger partial charge in [-0.2, -0.15) is 13.2 Å². The minimum absolute atomic E-state index is 0.0823. The van der Waals surface area contributed by atoms with E-state index >= 15 is 0 Å². The van der Waals surface area contributed by atoms with Crippen LogP contribution in [0.4, 0.5) is 17.6 Å². The van der Waals surface area contributed by atoms with Gasteiger partial charge >= 0.3 is 83.9 Å². The number of alkyl halides is 4. The molecule has 3 heterocycles. The van der Waals surface area contributed by atoms with Gasteiger partial charge in [0.1, 0.15) is 57.6 Å². The van der Waals surface area contributed by atoms with E-state index in [0.29, 0.717) is 18.6 Å². The van der Waals surface area contributed by atoms with Crippen LogP contribution in [0, 0.1) is 5.41 Å². The molecule has 135 heavy (non-hydrogen) atoms. The SMILES string of the molecule is CCCCC(CC)(COCC(=O)O)COCC(=O)O.CNC(=O)c1cccc(C(=O)NC(F)(F)F)c1.COC(=O)CCOCC(=O)O.COC(C(=O)O)c1ccccc1.COC(C)(C)C(=O)O.COC(C)C(=O)O.COC(F)C(=O)O.O=C(NC(=O)c1ccccn1)c1ccccn1.O=C(O)C1CCCCO1.O=C(O)COC1CCCCC1OCC(=O)O.O=C(O)COCCOCC(=O)O. The second kappa shape index (κ2) is 78.6. The van der Waals surface area contributed by atoms with E-state index in [9.17, 15) is 99.1 Å². The maximum Gasteiger partial charge on any atom is 0.484 e. The lowest BCUT2D eigenvalue weighted by atomic mass is 9.82. The molecule has 4 aromatic rings. The summed E-state index contributed by atoms with van der Waals surface area (Å²) in [7, 11) is 7.74. The Bertz CT molecular complexity index is 3960. The Morgan fingerprint density at radius 3 is 1.22 bits per heavy atom. The highest BCUT2D eigenvalue weighted by molar-refractivity contribution is 6.09. The average Bonchev–Trinajstić information content (AvgIpc) is 0.879. The van der Waals surface area contributed by atoms with Gasteiger partial charge in [-0.15, -0.1) is 0 Å². The smallest absolute Gasteiger partial charge is 0.480 e. The summed E-state index contributed by atoms with van der Waals surface area (Å²) in [6.07, 6.45) is 3.01. The second-order valence-corrected chi connectivity index (χ2v) is 27.2. The van der Waals surface area contributed by atoms with Crippen molar-refractivity contribution in [1.29, 1.82) is 0 Å². The molecule has 762 valence electrons. The van der Waals surface area contributed by atoms with Crippen molar-refractivity contribution in [3.63, 3.8) is 0 Å². The van der Waals surface area contributed by atoms with Crippen LogP contribution >= 0.6 is 0 Å². The molecule has 6 unspecified atom stereocenters. The quantitative estimate of drug-likeness (QED) is 0.00773. The molecule has 47 nitrogen and oxygen atoms in total. The third-order valence-corrected chi connectivity index (χ3v) is 16.3. The van der Waals surface area contributed by atoms with Gasteiger partial charge in [0.25, 0.3) is 30.0 Å². The van der Waals surface area contributed by atoms with Crippen molar-refractivity contribution in [2.75, 3.05) is 128 Å². The molecule has 0 radical (unpaired) electrons. The van der Waals surface area contributed by atoms with Crippen molar-refractivity contribution in [3.8, 4) is 0 Å². The molecule has 2 fully saturated rings. The third-order valence-electron chi connectivity index (χ3n) is 16.3. The number of nitrogens with one attached hydrogen (secondary N) is 3. The van der Waals surface area contributed by atoms with Crippen molar-refractivity contribution in [2.24, 2.45) is 5.41 Å². The molecule has 2 aromatic carbocycles. The third kappa shape index (κ3) is 74.3. The molecule has 2 aliphatic rings. The number of aliphatic carboxylic acids is 12. The molecule has 1 aliphatic carbocycles. The average molecular weight is 1950 g/mol. The monoisotopic (exact) mass is 1950 g/mol. The topological polar surface area (TPSA) is 715 Å². The van der Waals surface area contributed by atoms with E-state index in [4.69, 9.17) is 89.7 Å². The number of imide groups is 1. The zero-order valence-electron chi connectivity index (χ0n) is 76.0. The minimum Gasteiger partial charge on any atom is -0.480 e. The van der Waals surface area contributed by atoms with Gasteiger partial charge in [-0.1, -0.05) is 88.1 Å². The summed E-state index contributed by atoms with van der Waals surface area (Å²) in [6, 6.07) is 23.6. The van der Waals surface area contributed by atoms with E-state index in [1.54, 1.807) is 48.5 Å². The zero-order valence-corrected chi connectivity index (χ0v) is 76.0. The first-order valence-electron chi connectivity index (χ1n) is 40.1. The molecule has 1 saturated heterocycles. The Morgan fingerprint density at radius 2 is 0.926 bits per heavy atom. The van der Waals surface area contributed by atoms with Crippen molar-refractivity contribution < 1.29 is 222 Å². The maximum absolute atomic E-state index is 11.9. The normalized spacial score (nSPS) is 13.8. The number of rotatable bonds is 44. The van der Waals surface area contributed by atoms with Crippen LogP contribution in [0.3, 0.4) is 0 Å². The van der Waals surface area contributed by atoms with E-state index in [2.05, 4.69) is 60.7 Å². The van der Waals surface area contributed by atoms with Crippen molar-refractivity contribution in [1.82, 2.24) is 25.9 Å². The molecular weight excluding hydrogens is 1830 g/mol. The first kappa shape index (κ1) is 131. The largest absolute Gasteiger partial charge is 0.484 e. The fourth-order valence-corrected chi connectivity index (χ4v) is 9.09. The minimum atomic E-state index is -4.79. The molecule has 6 rings (SSSR count). The molecule has 4 amide bonds.